The third-order valence-electron chi connectivity index (χ3n) is 3.85. The van der Waals surface area contributed by atoms with Crippen molar-refractivity contribution in [1.82, 2.24) is 19.7 Å². The number of carbonyl (C=O) groups is 1. The summed E-state index contributed by atoms with van der Waals surface area (Å²) in [6.07, 6.45) is 6.70. The first-order valence-corrected chi connectivity index (χ1v) is 7.37. The molecule has 2 heterocycles. The Morgan fingerprint density at radius 3 is 2.77 bits per heavy atom. The fraction of sp³-hybridized carbons (Fsp3) is 0.312. The summed E-state index contributed by atoms with van der Waals surface area (Å²) >= 11 is 0. The van der Waals surface area contributed by atoms with E-state index in [1.807, 2.05) is 46.9 Å². The Morgan fingerprint density at radius 2 is 2.14 bits per heavy atom. The van der Waals surface area contributed by atoms with E-state index in [4.69, 9.17) is 0 Å². The van der Waals surface area contributed by atoms with Gasteiger partial charge >= 0.3 is 6.03 Å². The highest BCUT2D eigenvalue weighted by Crippen LogP contribution is 2.20. The molecule has 22 heavy (non-hydrogen) atoms. The molecule has 2 amide bonds. The summed E-state index contributed by atoms with van der Waals surface area (Å²) in [6.45, 7) is 2.75. The lowest BCUT2D eigenvalue weighted by molar-refractivity contribution is 0.209. The molecule has 0 fully saturated rings. The smallest absolute Gasteiger partial charge is 0.317 e. The second-order valence-electron chi connectivity index (χ2n) is 5.33. The highest BCUT2D eigenvalue weighted by molar-refractivity contribution is 5.90. The van der Waals surface area contributed by atoms with Crippen molar-refractivity contribution in [2.24, 2.45) is 7.05 Å². The lowest BCUT2D eigenvalue weighted by Crippen LogP contribution is -2.38. The van der Waals surface area contributed by atoms with Gasteiger partial charge in [0, 0.05) is 24.8 Å². The molecule has 0 bridgehead atoms. The van der Waals surface area contributed by atoms with Gasteiger partial charge in [0.25, 0.3) is 0 Å². The van der Waals surface area contributed by atoms with Crippen molar-refractivity contribution < 1.29 is 4.79 Å². The van der Waals surface area contributed by atoms with Crippen LogP contribution in [0.2, 0.25) is 0 Å². The molecule has 1 aliphatic rings. The second kappa shape index (κ2) is 6.01. The van der Waals surface area contributed by atoms with Crippen LogP contribution in [0.3, 0.4) is 0 Å². The molecule has 6 nitrogen and oxygen atoms in total. The van der Waals surface area contributed by atoms with E-state index in [1.54, 1.807) is 6.33 Å². The van der Waals surface area contributed by atoms with Crippen molar-refractivity contribution in [3.8, 4) is 11.4 Å². The molecule has 3 rings (SSSR count). The quantitative estimate of drug-likeness (QED) is 0.886. The molecule has 1 aliphatic heterocycles. The number of benzene rings is 1. The van der Waals surface area contributed by atoms with E-state index in [-0.39, 0.29) is 12.1 Å². The Kier molecular flexibility index (Phi) is 3.91. The summed E-state index contributed by atoms with van der Waals surface area (Å²) < 4.78 is 1.86. The average Bonchev–Trinajstić information content (AvgIpc) is 3.16. The fourth-order valence-electron chi connectivity index (χ4n) is 2.60. The van der Waals surface area contributed by atoms with Crippen molar-refractivity contribution in [3.63, 3.8) is 0 Å². The second-order valence-corrected chi connectivity index (χ2v) is 5.33. The van der Waals surface area contributed by atoms with Crippen LogP contribution in [0.25, 0.3) is 11.4 Å². The summed E-state index contributed by atoms with van der Waals surface area (Å²) in [7, 11) is 1.90. The SMILES string of the molecule is CC[C@H]1C=CCN1C(=O)Nc1ccc(-c2nncn2C)cc1. The van der Waals surface area contributed by atoms with E-state index < -0.39 is 0 Å². The predicted molar refractivity (Wildman–Crippen MR) is 85.4 cm³/mol. The van der Waals surface area contributed by atoms with Crippen LogP contribution in [-0.2, 0) is 7.05 Å². The number of anilines is 1. The molecule has 114 valence electrons. The molecule has 0 spiro atoms. The van der Waals surface area contributed by atoms with Crippen LogP contribution in [0.15, 0.2) is 42.7 Å². The van der Waals surface area contributed by atoms with E-state index >= 15 is 0 Å². The van der Waals surface area contributed by atoms with E-state index in [0.29, 0.717) is 6.54 Å². The van der Waals surface area contributed by atoms with Gasteiger partial charge in [-0.05, 0) is 30.7 Å². The molecule has 6 heteroatoms. The van der Waals surface area contributed by atoms with Crippen molar-refractivity contribution in [2.75, 3.05) is 11.9 Å². The lowest BCUT2D eigenvalue weighted by Gasteiger charge is -2.23. The van der Waals surface area contributed by atoms with Gasteiger partial charge in [0.05, 0.1) is 6.04 Å². The van der Waals surface area contributed by atoms with Gasteiger partial charge in [0.2, 0.25) is 0 Å². The molecule has 1 aromatic heterocycles. The third-order valence-corrected chi connectivity index (χ3v) is 3.85. The van der Waals surface area contributed by atoms with E-state index in [9.17, 15) is 4.79 Å². The number of hydrogen-bond donors (Lipinski definition) is 1. The molecule has 1 atom stereocenters. The predicted octanol–water partition coefficient (Wildman–Crippen LogP) is 2.66. The number of nitrogens with one attached hydrogen (secondary N) is 1. The molecule has 0 saturated carbocycles. The maximum atomic E-state index is 12.3. The molecule has 0 aliphatic carbocycles. The molecule has 0 unspecified atom stereocenters. The summed E-state index contributed by atoms with van der Waals surface area (Å²) in [5.74, 6) is 0.799. The first-order chi connectivity index (χ1) is 10.7. The Balaban J connectivity index is 1.69. The molecule has 2 aromatic rings. The summed E-state index contributed by atoms with van der Waals surface area (Å²) in [5, 5.41) is 10.9. The van der Waals surface area contributed by atoms with Gasteiger partial charge in [-0.2, -0.15) is 0 Å². The van der Waals surface area contributed by atoms with Crippen molar-refractivity contribution >= 4 is 11.7 Å². The summed E-state index contributed by atoms with van der Waals surface area (Å²) in [6, 6.07) is 7.75. The van der Waals surface area contributed by atoms with E-state index in [0.717, 1.165) is 23.5 Å². The number of carbonyl (C=O) groups excluding carboxylic acids is 1. The highest BCUT2D eigenvalue weighted by atomic mass is 16.2. The number of rotatable bonds is 3. The maximum Gasteiger partial charge on any atom is 0.322 e. The standard InChI is InChI=1S/C16H19N5O/c1-3-14-5-4-10-21(14)16(22)18-13-8-6-12(7-9-13)15-19-17-11-20(15)2/h4-9,11,14H,3,10H2,1-2H3,(H,18,22)/t14-/m0/s1. The van der Waals surface area contributed by atoms with Gasteiger partial charge in [-0.15, -0.1) is 10.2 Å². The van der Waals surface area contributed by atoms with Crippen LogP contribution >= 0.6 is 0 Å². The summed E-state index contributed by atoms with van der Waals surface area (Å²) in [4.78, 5) is 14.1. The van der Waals surface area contributed by atoms with Crippen molar-refractivity contribution in [2.45, 2.75) is 19.4 Å². The van der Waals surface area contributed by atoms with Crippen LogP contribution < -0.4 is 5.32 Å². The normalized spacial score (nSPS) is 17.0. The minimum atomic E-state index is -0.0664. The van der Waals surface area contributed by atoms with Crippen LogP contribution in [0.5, 0.6) is 0 Å². The summed E-state index contributed by atoms with van der Waals surface area (Å²) in [5.41, 5.74) is 1.74. The third kappa shape index (κ3) is 2.72. The van der Waals surface area contributed by atoms with Crippen molar-refractivity contribution in [1.29, 1.82) is 0 Å². The first-order valence-electron chi connectivity index (χ1n) is 7.37. The van der Waals surface area contributed by atoms with E-state index in [2.05, 4.69) is 28.5 Å². The molecule has 0 saturated heterocycles. The molecule has 1 N–H and O–H groups in total. The Bertz CT molecular complexity index is 689. The minimum absolute atomic E-state index is 0.0664. The van der Waals surface area contributed by atoms with Crippen LogP contribution in [-0.4, -0.2) is 38.3 Å². The molecular weight excluding hydrogens is 278 g/mol. The van der Waals surface area contributed by atoms with Gasteiger partial charge < -0.3 is 14.8 Å². The number of hydrogen-bond acceptors (Lipinski definition) is 3. The van der Waals surface area contributed by atoms with Gasteiger partial charge in [-0.3, -0.25) is 0 Å². The zero-order valence-corrected chi connectivity index (χ0v) is 12.7. The molecular formula is C16H19N5O. The largest absolute Gasteiger partial charge is 0.322 e. The minimum Gasteiger partial charge on any atom is -0.317 e. The highest BCUT2D eigenvalue weighted by Gasteiger charge is 2.23. The first kappa shape index (κ1) is 14.3. The van der Waals surface area contributed by atoms with Crippen LogP contribution in [0.1, 0.15) is 13.3 Å². The fourth-order valence-corrected chi connectivity index (χ4v) is 2.60. The van der Waals surface area contributed by atoms with E-state index in [1.165, 1.54) is 0 Å². The van der Waals surface area contributed by atoms with Gasteiger partial charge in [0.1, 0.15) is 6.33 Å². The monoisotopic (exact) mass is 297 g/mol. The number of aryl methyl sites for hydroxylation is 1. The van der Waals surface area contributed by atoms with Gasteiger partial charge in [-0.1, -0.05) is 19.1 Å². The zero-order chi connectivity index (χ0) is 15.5. The molecule has 1 aromatic carbocycles. The van der Waals surface area contributed by atoms with Crippen LogP contribution in [0, 0.1) is 0 Å². The Hall–Kier alpha value is -2.63. The lowest BCUT2D eigenvalue weighted by atomic mass is 10.2. The molecule has 0 radical (unpaired) electrons. The Labute approximate surface area is 129 Å². The topological polar surface area (TPSA) is 63.1 Å². The maximum absolute atomic E-state index is 12.3. The number of aromatic nitrogens is 3. The van der Waals surface area contributed by atoms with Crippen LogP contribution in [0.4, 0.5) is 10.5 Å². The van der Waals surface area contributed by atoms with Crippen molar-refractivity contribution in [3.05, 3.63) is 42.7 Å². The Morgan fingerprint density at radius 1 is 1.36 bits per heavy atom. The van der Waals surface area contributed by atoms with Gasteiger partial charge in [0.15, 0.2) is 5.82 Å². The number of amides is 2. The zero-order valence-electron chi connectivity index (χ0n) is 12.7. The number of nitrogens with zero attached hydrogens (tertiary/aromatic N) is 4. The number of urea groups is 1. The average molecular weight is 297 g/mol. The van der Waals surface area contributed by atoms with Gasteiger partial charge in [-0.25, -0.2) is 4.79 Å².